The fourth-order valence-corrected chi connectivity index (χ4v) is 1.89. The summed E-state index contributed by atoms with van der Waals surface area (Å²) in [5.74, 6) is 0. The molecule has 0 fully saturated rings. The first kappa shape index (κ1) is 8.72. The van der Waals surface area contributed by atoms with E-state index in [2.05, 4.69) is 25.2 Å². The SMILES string of the molecule is CCC[N+]1(CCC)C=NCC1. The number of rotatable bonds is 4. The van der Waals surface area contributed by atoms with Crippen molar-refractivity contribution >= 4 is 6.34 Å². The summed E-state index contributed by atoms with van der Waals surface area (Å²) in [7, 11) is 0. The summed E-state index contributed by atoms with van der Waals surface area (Å²) >= 11 is 0. The topological polar surface area (TPSA) is 12.4 Å². The molecule has 1 aliphatic rings. The summed E-state index contributed by atoms with van der Waals surface area (Å²) in [5, 5.41) is 0. The highest BCUT2D eigenvalue weighted by molar-refractivity contribution is 5.48. The third-order valence-corrected chi connectivity index (χ3v) is 2.34. The predicted molar refractivity (Wildman–Crippen MR) is 48.8 cm³/mol. The second-order valence-electron chi connectivity index (χ2n) is 3.41. The Balaban J connectivity index is 2.48. The molecule has 2 heteroatoms. The van der Waals surface area contributed by atoms with Crippen molar-refractivity contribution in [1.82, 2.24) is 0 Å². The molecule has 1 rings (SSSR count). The summed E-state index contributed by atoms with van der Waals surface area (Å²) in [6, 6.07) is 0. The van der Waals surface area contributed by atoms with Crippen LogP contribution in [0.4, 0.5) is 0 Å². The van der Waals surface area contributed by atoms with E-state index in [1.54, 1.807) is 0 Å². The van der Waals surface area contributed by atoms with Gasteiger partial charge in [0.25, 0.3) is 0 Å². The first-order chi connectivity index (χ1) is 5.33. The van der Waals surface area contributed by atoms with Crippen LogP contribution in [0.2, 0.25) is 0 Å². The third kappa shape index (κ3) is 2.03. The number of hydrogen-bond acceptors (Lipinski definition) is 1. The lowest BCUT2D eigenvalue weighted by Crippen LogP contribution is -2.46. The summed E-state index contributed by atoms with van der Waals surface area (Å²) < 4.78 is 1.15. The highest BCUT2D eigenvalue weighted by Gasteiger charge is 2.26. The third-order valence-electron chi connectivity index (χ3n) is 2.34. The lowest BCUT2D eigenvalue weighted by atomic mass is 10.3. The van der Waals surface area contributed by atoms with Crippen molar-refractivity contribution in [2.75, 3.05) is 26.2 Å². The van der Waals surface area contributed by atoms with Gasteiger partial charge in [0.1, 0.15) is 6.54 Å². The number of quaternary nitrogens is 1. The molecule has 64 valence electrons. The molecule has 2 nitrogen and oxygen atoms in total. The van der Waals surface area contributed by atoms with Gasteiger partial charge < -0.3 is 0 Å². The monoisotopic (exact) mass is 155 g/mol. The summed E-state index contributed by atoms with van der Waals surface area (Å²) in [6.07, 6.45) is 4.70. The lowest BCUT2D eigenvalue weighted by Gasteiger charge is -2.29. The zero-order chi connectivity index (χ0) is 8.16. The van der Waals surface area contributed by atoms with Crippen LogP contribution in [0.1, 0.15) is 26.7 Å². The Morgan fingerprint density at radius 1 is 1.27 bits per heavy atom. The average Bonchev–Trinajstić information content (AvgIpc) is 2.39. The molecule has 0 radical (unpaired) electrons. The van der Waals surface area contributed by atoms with E-state index in [0.29, 0.717) is 0 Å². The van der Waals surface area contributed by atoms with E-state index >= 15 is 0 Å². The minimum absolute atomic E-state index is 1.04. The van der Waals surface area contributed by atoms with Crippen LogP contribution in [0.3, 0.4) is 0 Å². The molecule has 0 spiro atoms. The Hall–Kier alpha value is -0.370. The van der Waals surface area contributed by atoms with Gasteiger partial charge in [0.2, 0.25) is 0 Å². The molecular formula is C9H19N2+. The van der Waals surface area contributed by atoms with Crippen molar-refractivity contribution in [2.45, 2.75) is 26.7 Å². The van der Waals surface area contributed by atoms with Gasteiger partial charge >= 0.3 is 0 Å². The Labute approximate surface area is 69.5 Å². The molecular weight excluding hydrogens is 136 g/mol. The van der Waals surface area contributed by atoms with Crippen LogP contribution in [0.15, 0.2) is 4.99 Å². The van der Waals surface area contributed by atoms with E-state index < -0.39 is 0 Å². The van der Waals surface area contributed by atoms with Crippen molar-refractivity contribution in [1.29, 1.82) is 0 Å². The molecule has 0 saturated heterocycles. The van der Waals surface area contributed by atoms with Crippen molar-refractivity contribution in [3.63, 3.8) is 0 Å². The van der Waals surface area contributed by atoms with Gasteiger partial charge in [0, 0.05) is 0 Å². The molecule has 0 N–H and O–H groups in total. The van der Waals surface area contributed by atoms with Crippen LogP contribution in [0.5, 0.6) is 0 Å². The lowest BCUT2D eigenvalue weighted by molar-refractivity contribution is -0.828. The summed E-state index contributed by atoms with van der Waals surface area (Å²) in [6.45, 7) is 9.33. The Morgan fingerprint density at radius 2 is 1.91 bits per heavy atom. The van der Waals surface area contributed by atoms with Crippen LogP contribution >= 0.6 is 0 Å². The summed E-state index contributed by atoms with van der Waals surface area (Å²) in [5.41, 5.74) is 0. The van der Waals surface area contributed by atoms with Gasteiger partial charge in [0.15, 0.2) is 6.34 Å². The van der Waals surface area contributed by atoms with Gasteiger partial charge in [-0.05, 0) is 12.8 Å². The van der Waals surface area contributed by atoms with Crippen LogP contribution in [0, 0.1) is 0 Å². The zero-order valence-electron chi connectivity index (χ0n) is 7.71. The van der Waals surface area contributed by atoms with E-state index in [9.17, 15) is 0 Å². The van der Waals surface area contributed by atoms with Gasteiger partial charge in [-0.15, -0.1) is 0 Å². The van der Waals surface area contributed by atoms with E-state index in [1.165, 1.54) is 32.5 Å². The fourth-order valence-electron chi connectivity index (χ4n) is 1.89. The first-order valence-electron chi connectivity index (χ1n) is 4.70. The van der Waals surface area contributed by atoms with Crippen LogP contribution in [-0.4, -0.2) is 37.0 Å². The maximum absolute atomic E-state index is 4.32. The molecule has 0 amide bonds. The quantitative estimate of drug-likeness (QED) is 0.548. The van der Waals surface area contributed by atoms with Crippen LogP contribution < -0.4 is 0 Å². The molecule has 1 aliphatic heterocycles. The Bertz CT molecular complexity index is 134. The van der Waals surface area contributed by atoms with Crippen molar-refractivity contribution in [3.8, 4) is 0 Å². The Morgan fingerprint density at radius 3 is 2.27 bits per heavy atom. The van der Waals surface area contributed by atoms with Gasteiger partial charge in [0.05, 0.1) is 19.6 Å². The van der Waals surface area contributed by atoms with E-state index in [0.717, 1.165) is 11.0 Å². The van der Waals surface area contributed by atoms with E-state index in [1.807, 2.05) is 0 Å². The minimum Gasteiger partial charge on any atom is -0.280 e. The van der Waals surface area contributed by atoms with Crippen LogP contribution in [-0.2, 0) is 0 Å². The molecule has 0 unspecified atom stereocenters. The summed E-state index contributed by atoms with van der Waals surface area (Å²) in [4.78, 5) is 4.32. The molecule has 11 heavy (non-hydrogen) atoms. The highest BCUT2D eigenvalue weighted by Crippen LogP contribution is 2.11. The maximum Gasteiger partial charge on any atom is 0.185 e. The zero-order valence-corrected chi connectivity index (χ0v) is 7.71. The maximum atomic E-state index is 4.32. The predicted octanol–water partition coefficient (Wildman–Crippen LogP) is 1.67. The molecule has 1 heterocycles. The Kier molecular flexibility index (Phi) is 3.06. The van der Waals surface area contributed by atoms with E-state index in [4.69, 9.17) is 0 Å². The van der Waals surface area contributed by atoms with Gasteiger partial charge in [-0.2, -0.15) is 0 Å². The van der Waals surface area contributed by atoms with Gasteiger partial charge in [-0.1, -0.05) is 13.8 Å². The molecule has 0 bridgehead atoms. The largest absolute Gasteiger partial charge is 0.280 e. The molecule has 0 aromatic rings. The normalized spacial score (nSPS) is 20.9. The second kappa shape index (κ2) is 3.86. The van der Waals surface area contributed by atoms with Crippen molar-refractivity contribution in [2.24, 2.45) is 4.99 Å². The van der Waals surface area contributed by atoms with Gasteiger partial charge in [-0.3, -0.25) is 4.48 Å². The van der Waals surface area contributed by atoms with Crippen LogP contribution in [0.25, 0.3) is 0 Å². The minimum atomic E-state index is 1.04. The number of hydrogen-bond donors (Lipinski definition) is 0. The second-order valence-corrected chi connectivity index (χ2v) is 3.41. The molecule has 0 aromatic heterocycles. The van der Waals surface area contributed by atoms with Gasteiger partial charge in [-0.25, -0.2) is 4.99 Å². The molecule has 0 aromatic carbocycles. The standard InChI is InChI=1S/C9H19N2/c1-3-6-11(7-4-2)8-5-10-9-11/h9H,3-8H2,1-2H3/q+1. The molecule has 0 atom stereocenters. The number of nitrogens with zero attached hydrogens (tertiary/aromatic N) is 2. The van der Waals surface area contributed by atoms with Crippen molar-refractivity contribution in [3.05, 3.63) is 0 Å². The van der Waals surface area contributed by atoms with E-state index in [-0.39, 0.29) is 0 Å². The highest BCUT2D eigenvalue weighted by atomic mass is 15.4. The average molecular weight is 155 g/mol. The first-order valence-corrected chi connectivity index (χ1v) is 4.70. The molecule has 0 aliphatic carbocycles. The fraction of sp³-hybridized carbons (Fsp3) is 0.889. The smallest absolute Gasteiger partial charge is 0.185 e. The van der Waals surface area contributed by atoms with Crippen molar-refractivity contribution < 1.29 is 4.48 Å². The molecule has 0 saturated carbocycles. The number of aliphatic imine (C=N–C) groups is 1.